The molecule has 1 amide bonds. The molecule has 172 valence electrons. The first-order valence-corrected chi connectivity index (χ1v) is 11.1. The fourth-order valence-electron chi connectivity index (χ4n) is 4.37. The fourth-order valence-corrected chi connectivity index (χ4v) is 4.37. The third kappa shape index (κ3) is 3.97. The molecule has 1 aromatic heterocycles. The first-order valence-electron chi connectivity index (χ1n) is 11.1. The van der Waals surface area contributed by atoms with Gasteiger partial charge in [-0.15, -0.1) is 0 Å². The van der Waals surface area contributed by atoms with E-state index in [1.807, 2.05) is 83.1 Å². The maximum absolute atomic E-state index is 13.3. The molecule has 7 nitrogen and oxygen atoms in total. The summed E-state index contributed by atoms with van der Waals surface area (Å²) in [4.78, 5) is 19.9. The van der Waals surface area contributed by atoms with Crippen LogP contribution < -0.4 is 9.47 Å². The van der Waals surface area contributed by atoms with Gasteiger partial charge in [-0.1, -0.05) is 18.2 Å². The Morgan fingerprint density at radius 2 is 1.85 bits per heavy atom. The number of aromatic nitrogens is 1. The summed E-state index contributed by atoms with van der Waals surface area (Å²) < 4.78 is 22.8. The number of amides is 1. The number of ether oxygens (including phenoxy) is 4. The zero-order valence-electron chi connectivity index (χ0n) is 19.5. The normalized spacial score (nSPS) is 19.2. The third-order valence-corrected chi connectivity index (χ3v) is 5.85. The zero-order chi connectivity index (χ0) is 23.4. The van der Waals surface area contributed by atoms with E-state index in [0.717, 1.165) is 33.5 Å². The summed E-state index contributed by atoms with van der Waals surface area (Å²) in [6.45, 7) is 9.95. The van der Waals surface area contributed by atoms with Crippen molar-refractivity contribution < 1.29 is 23.7 Å². The van der Waals surface area contributed by atoms with E-state index in [4.69, 9.17) is 23.9 Å². The zero-order valence-corrected chi connectivity index (χ0v) is 19.5. The molecule has 1 fully saturated rings. The van der Waals surface area contributed by atoms with Crippen LogP contribution in [0.2, 0.25) is 0 Å². The lowest BCUT2D eigenvalue weighted by molar-refractivity contribution is -0.0625. The van der Waals surface area contributed by atoms with Crippen molar-refractivity contribution >= 4 is 17.0 Å². The summed E-state index contributed by atoms with van der Waals surface area (Å²) in [5, 5.41) is 0.974. The first-order chi connectivity index (χ1) is 15.6. The van der Waals surface area contributed by atoms with Crippen LogP contribution >= 0.6 is 0 Å². The molecule has 7 heteroatoms. The molecular formula is C26H28N2O5. The van der Waals surface area contributed by atoms with Gasteiger partial charge in [-0.2, -0.15) is 0 Å². The summed E-state index contributed by atoms with van der Waals surface area (Å²) in [6.07, 6.45) is -0.402. The lowest BCUT2D eigenvalue weighted by Gasteiger charge is -2.35. The minimum absolute atomic E-state index is 0.217. The van der Waals surface area contributed by atoms with Gasteiger partial charge in [-0.05, 0) is 70.5 Å². The average molecular weight is 449 g/mol. The van der Waals surface area contributed by atoms with Crippen molar-refractivity contribution in [3.8, 4) is 22.8 Å². The molecule has 2 aliphatic heterocycles. The van der Waals surface area contributed by atoms with Crippen molar-refractivity contribution in [1.82, 2.24) is 9.88 Å². The number of benzene rings is 2. The van der Waals surface area contributed by atoms with Crippen molar-refractivity contribution in [1.29, 1.82) is 0 Å². The smallest absolute Gasteiger partial charge is 0.413 e. The molecule has 0 unspecified atom stereocenters. The number of pyridine rings is 1. The van der Waals surface area contributed by atoms with Crippen LogP contribution in [-0.4, -0.2) is 40.7 Å². The SMILES string of the molecule is CC(C)(C)OC(=O)N1[C@H](c2cc(-c3ccc4c(c3)OCO4)nc3ccccc23)COC1(C)C. The number of rotatable bonds is 2. The molecule has 2 aliphatic rings. The van der Waals surface area contributed by atoms with Gasteiger partial charge in [0, 0.05) is 10.9 Å². The van der Waals surface area contributed by atoms with Crippen molar-refractivity contribution in [2.75, 3.05) is 13.4 Å². The maximum Gasteiger partial charge on any atom is 0.413 e. The van der Waals surface area contributed by atoms with Crippen molar-refractivity contribution in [3.63, 3.8) is 0 Å². The van der Waals surface area contributed by atoms with Crippen molar-refractivity contribution in [3.05, 3.63) is 54.1 Å². The molecule has 3 aromatic rings. The monoisotopic (exact) mass is 448 g/mol. The Labute approximate surface area is 193 Å². The Kier molecular flexibility index (Phi) is 4.97. The second kappa shape index (κ2) is 7.63. The number of fused-ring (bicyclic) bond motifs is 2. The second-order valence-electron chi connectivity index (χ2n) is 9.81. The maximum atomic E-state index is 13.3. The van der Waals surface area contributed by atoms with E-state index >= 15 is 0 Å². The van der Waals surface area contributed by atoms with Crippen LogP contribution in [0.1, 0.15) is 46.2 Å². The van der Waals surface area contributed by atoms with E-state index in [1.54, 1.807) is 4.90 Å². The molecular weight excluding hydrogens is 420 g/mol. The summed E-state index contributed by atoms with van der Waals surface area (Å²) in [6, 6.07) is 15.5. The summed E-state index contributed by atoms with van der Waals surface area (Å²) in [5.74, 6) is 1.42. The molecule has 0 N–H and O–H groups in total. The lowest BCUT2D eigenvalue weighted by Crippen LogP contribution is -2.47. The van der Waals surface area contributed by atoms with Gasteiger partial charge in [0.1, 0.15) is 11.3 Å². The Balaban J connectivity index is 1.63. The molecule has 2 aromatic carbocycles. The average Bonchev–Trinajstić information content (AvgIpc) is 3.34. The van der Waals surface area contributed by atoms with E-state index in [1.165, 1.54) is 0 Å². The highest BCUT2D eigenvalue weighted by atomic mass is 16.7. The minimum Gasteiger partial charge on any atom is -0.454 e. The topological polar surface area (TPSA) is 70.1 Å². The van der Waals surface area contributed by atoms with E-state index in [-0.39, 0.29) is 12.8 Å². The van der Waals surface area contributed by atoms with E-state index in [2.05, 4.69) is 0 Å². The van der Waals surface area contributed by atoms with Crippen LogP contribution in [0.15, 0.2) is 48.5 Å². The highest BCUT2D eigenvalue weighted by Crippen LogP contribution is 2.42. The fraction of sp³-hybridized carbons (Fsp3) is 0.385. The van der Waals surface area contributed by atoms with E-state index in [9.17, 15) is 4.79 Å². The van der Waals surface area contributed by atoms with Crippen LogP contribution in [0.4, 0.5) is 4.79 Å². The molecule has 3 heterocycles. The molecule has 5 rings (SSSR count). The Bertz CT molecular complexity index is 1230. The summed E-state index contributed by atoms with van der Waals surface area (Å²) in [5.41, 5.74) is 2.08. The minimum atomic E-state index is -0.809. The van der Waals surface area contributed by atoms with Gasteiger partial charge in [-0.3, -0.25) is 4.90 Å². The molecule has 1 atom stereocenters. The molecule has 0 spiro atoms. The van der Waals surface area contributed by atoms with Crippen LogP contribution in [0.3, 0.4) is 0 Å². The number of para-hydroxylation sites is 1. The number of nitrogens with zero attached hydrogens (tertiary/aromatic N) is 2. The second-order valence-corrected chi connectivity index (χ2v) is 9.81. The van der Waals surface area contributed by atoms with Gasteiger partial charge in [0.05, 0.1) is 23.9 Å². The summed E-state index contributed by atoms with van der Waals surface area (Å²) >= 11 is 0. The molecule has 1 saturated heterocycles. The highest BCUT2D eigenvalue weighted by molar-refractivity contribution is 5.86. The van der Waals surface area contributed by atoms with E-state index < -0.39 is 17.4 Å². The van der Waals surface area contributed by atoms with Crippen LogP contribution in [-0.2, 0) is 9.47 Å². The molecule has 33 heavy (non-hydrogen) atoms. The number of hydrogen-bond donors (Lipinski definition) is 0. The Morgan fingerprint density at radius 1 is 1.09 bits per heavy atom. The van der Waals surface area contributed by atoms with Gasteiger partial charge < -0.3 is 18.9 Å². The van der Waals surface area contributed by atoms with E-state index in [0.29, 0.717) is 12.4 Å². The predicted octanol–water partition coefficient (Wildman–Crippen LogP) is 5.68. The Hall–Kier alpha value is -3.32. The van der Waals surface area contributed by atoms with Crippen LogP contribution in [0.25, 0.3) is 22.2 Å². The van der Waals surface area contributed by atoms with Crippen LogP contribution in [0.5, 0.6) is 11.5 Å². The third-order valence-electron chi connectivity index (χ3n) is 5.85. The first kappa shape index (κ1) is 21.5. The highest BCUT2D eigenvalue weighted by Gasteiger charge is 2.47. The van der Waals surface area contributed by atoms with Gasteiger partial charge in [0.15, 0.2) is 11.5 Å². The van der Waals surface area contributed by atoms with Crippen molar-refractivity contribution in [2.24, 2.45) is 0 Å². The number of carbonyl (C=O) groups excluding carboxylic acids is 1. The predicted molar refractivity (Wildman–Crippen MR) is 124 cm³/mol. The molecule has 0 saturated carbocycles. The Morgan fingerprint density at radius 3 is 2.64 bits per heavy atom. The van der Waals surface area contributed by atoms with Gasteiger partial charge in [-0.25, -0.2) is 9.78 Å². The molecule has 0 radical (unpaired) electrons. The number of carbonyl (C=O) groups is 1. The van der Waals surface area contributed by atoms with Gasteiger partial charge in [0.25, 0.3) is 0 Å². The van der Waals surface area contributed by atoms with Crippen LogP contribution in [0, 0.1) is 0 Å². The molecule has 0 aliphatic carbocycles. The summed E-state index contributed by atoms with van der Waals surface area (Å²) in [7, 11) is 0. The largest absolute Gasteiger partial charge is 0.454 e. The van der Waals surface area contributed by atoms with Crippen molar-refractivity contribution in [2.45, 2.75) is 52.0 Å². The van der Waals surface area contributed by atoms with Gasteiger partial charge >= 0.3 is 6.09 Å². The number of hydrogen-bond acceptors (Lipinski definition) is 6. The lowest BCUT2D eigenvalue weighted by atomic mass is 9.98. The quantitative estimate of drug-likeness (QED) is 0.503. The standard InChI is InChI=1S/C26H28N2O5/c1-25(2,3)33-24(29)28-21(14-32-26(28,4)5)18-13-20(27-19-9-7-6-8-17(18)19)16-10-11-22-23(12-16)31-15-30-22/h6-13,21H,14-15H2,1-5H3/t21-/m0/s1. The van der Waals surface area contributed by atoms with Gasteiger partial charge in [0.2, 0.25) is 6.79 Å². The molecule has 0 bridgehead atoms.